The normalized spacial score (nSPS) is 15.0. The van der Waals surface area contributed by atoms with Crippen LogP contribution in [0.15, 0.2) is 28.9 Å². The Hall–Kier alpha value is -2.77. The summed E-state index contributed by atoms with van der Waals surface area (Å²) in [5, 5.41) is 0. The minimum Gasteiger partial charge on any atom is -0.459 e. The lowest BCUT2D eigenvalue weighted by atomic mass is 10.3. The average molecular weight is 358 g/mol. The van der Waals surface area contributed by atoms with Crippen LogP contribution < -0.4 is 15.5 Å². The van der Waals surface area contributed by atoms with Gasteiger partial charge in [0.15, 0.2) is 5.76 Å². The number of aromatic nitrogens is 2. The van der Waals surface area contributed by atoms with Crippen LogP contribution in [0.2, 0.25) is 0 Å². The van der Waals surface area contributed by atoms with E-state index >= 15 is 0 Å². The number of hydrogen-bond donors (Lipinski definition) is 1. The van der Waals surface area contributed by atoms with Crippen LogP contribution in [-0.2, 0) is 0 Å². The Kier molecular flexibility index (Phi) is 5.60. The molecule has 2 N–H and O–H groups in total. The molecule has 1 saturated heterocycles. The van der Waals surface area contributed by atoms with E-state index in [9.17, 15) is 4.79 Å². The molecule has 1 aliphatic rings. The predicted molar refractivity (Wildman–Crippen MR) is 101 cm³/mol. The van der Waals surface area contributed by atoms with Gasteiger partial charge in [0.2, 0.25) is 5.95 Å². The van der Waals surface area contributed by atoms with Crippen LogP contribution in [-0.4, -0.2) is 60.0 Å². The first kappa shape index (κ1) is 18.0. The third-order valence-corrected chi connectivity index (χ3v) is 4.61. The largest absolute Gasteiger partial charge is 0.459 e. The minimum absolute atomic E-state index is 0.0668. The Labute approximate surface area is 153 Å². The number of nitrogens with two attached hydrogens (primary N) is 1. The lowest BCUT2D eigenvalue weighted by Gasteiger charge is -2.25. The van der Waals surface area contributed by atoms with Crippen LogP contribution in [0.25, 0.3) is 0 Å². The third kappa shape index (κ3) is 3.89. The number of nitrogens with zero attached hydrogens (tertiary/aromatic N) is 5. The molecule has 0 spiro atoms. The van der Waals surface area contributed by atoms with Crippen molar-refractivity contribution in [3.8, 4) is 0 Å². The van der Waals surface area contributed by atoms with Crippen molar-refractivity contribution in [2.75, 3.05) is 54.8 Å². The summed E-state index contributed by atoms with van der Waals surface area (Å²) >= 11 is 0. The molecule has 3 rings (SSSR count). The van der Waals surface area contributed by atoms with E-state index in [4.69, 9.17) is 15.1 Å². The van der Waals surface area contributed by atoms with Crippen LogP contribution >= 0.6 is 0 Å². The summed E-state index contributed by atoms with van der Waals surface area (Å²) in [5.74, 6) is 2.24. The van der Waals surface area contributed by atoms with Gasteiger partial charge in [-0.25, -0.2) is 0 Å². The van der Waals surface area contributed by atoms with Crippen molar-refractivity contribution in [1.29, 1.82) is 0 Å². The molecule has 0 bridgehead atoms. The second kappa shape index (κ2) is 8.07. The van der Waals surface area contributed by atoms with E-state index in [1.807, 2.05) is 4.90 Å². The van der Waals surface area contributed by atoms with Gasteiger partial charge in [-0.1, -0.05) is 0 Å². The standard InChI is InChI=1S/C18H26N6O2/c1-3-22(4-2)18-20-15(19)13-16(21-18)23-8-6-9-24(11-10-23)17(25)14-7-5-12-26-14/h5,7,12-13H,3-4,6,8-11H2,1-2H3,(H2,19,20,21). The fraction of sp³-hybridized carbons (Fsp3) is 0.500. The molecule has 8 heteroatoms. The Morgan fingerprint density at radius 1 is 1.23 bits per heavy atom. The van der Waals surface area contributed by atoms with Gasteiger partial charge in [0.05, 0.1) is 6.26 Å². The van der Waals surface area contributed by atoms with E-state index in [0.717, 1.165) is 31.9 Å². The zero-order valence-corrected chi connectivity index (χ0v) is 15.4. The smallest absolute Gasteiger partial charge is 0.289 e. The highest BCUT2D eigenvalue weighted by molar-refractivity contribution is 5.91. The monoisotopic (exact) mass is 358 g/mol. The summed E-state index contributed by atoms with van der Waals surface area (Å²) in [6.07, 6.45) is 2.38. The maximum atomic E-state index is 12.5. The molecule has 0 radical (unpaired) electrons. The maximum absolute atomic E-state index is 12.5. The lowest BCUT2D eigenvalue weighted by molar-refractivity contribution is 0.0735. The fourth-order valence-corrected chi connectivity index (χ4v) is 3.16. The minimum atomic E-state index is -0.0668. The summed E-state index contributed by atoms with van der Waals surface area (Å²) in [6.45, 7) is 8.61. The molecule has 1 fully saturated rings. The van der Waals surface area contributed by atoms with Crippen LogP contribution in [0.1, 0.15) is 30.8 Å². The van der Waals surface area contributed by atoms with Gasteiger partial charge in [0.1, 0.15) is 11.6 Å². The molecule has 0 atom stereocenters. The first-order chi connectivity index (χ1) is 12.6. The topological polar surface area (TPSA) is 91.7 Å². The number of nitrogen functional groups attached to an aromatic ring is 1. The number of carbonyl (C=O) groups excluding carboxylic acids is 1. The molecule has 8 nitrogen and oxygen atoms in total. The molecule has 1 amide bonds. The summed E-state index contributed by atoms with van der Waals surface area (Å²) in [7, 11) is 0. The quantitative estimate of drug-likeness (QED) is 0.872. The molecule has 2 aromatic heterocycles. The number of furan rings is 1. The van der Waals surface area contributed by atoms with Crippen molar-refractivity contribution in [2.24, 2.45) is 0 Å². The predicted octanol–water partition coefficient (Wildman–Crippen LogP) is 1.85. The van der Waals surface area contributed by atoms with Crippen LogP contribution in [0.3, 0.4) is 0 Å². The molecule has 0 unspecified atom stereocenters. The van der Waals surface area contributed by atoms with Crippen LogP contribution in [0.5, 0.6) is 0 Å². The van der Waals surface area contributed by atoms with E-state index in [-0.39, 0.29) is 5.91 Å². The summed E-state index contributed by atoms with van der Waals surface area (Å²) < 4.78 is 5.24. The van der Waals surface area contributed by atoms with Crippen molar-refractivity contribution < 1.29 is 9.21 Å². The number of hydrogen-bond acceptors (Lipinski definition) is 7. The van der Waals surface area contributed by atoms with E-state index in [1.165, 1.54) is 6.26 Å². The summed E-state index contributed by atoms with van der Waals surface area (Å²) in [5.41, 5.74) is 6.01. The number of rotatable bonds is 5. The van der Waals surface area contributed by atoms with Gasteiger partial charge in [0, 0.05) is 45.3 Å². The number of carbonyl (C=O) groups is 1. The van der Waals surface area contributed by atoms with Gasteiger partial charge < -0.3 is 24.9 Å². The molecule has 3 heterocycles. The molecular weight excluding hydrogens is 332 g/mol. The van der Waals surface area contributed by atoms with Crippen molar-refractivity contribution in [1.82, 2.24) is 14.9 Å². The Morgan fingerprint density at radius 3 is 2.73 bits per heavy atom. The van der Waals surface area contributed by atoms with Crippen LogP contribution in [0.4, 0.5) is 17.6 Å². The second-order valence-electron chi connectivity index (χ2n) is 6.23. The SMILES string of the molecule is CCN(CC)c1nc(N)cc(N2CCCN(C(=O)c3ccco3)CC2)n1. The van der Waals surface area contributed by atoms with Crippen molar-refractivity contribution in [2.45, 2.75) is 20.3 Å². The van der Waals surface area contributed by atoms with E-state index in [1.54, 1.807) is 18.2 Å². The van der Waals surface area contributed by atoms with Crippen LogP contribution in [0, 0.1) is 0 Å². The number of amides is 1. The fourth-order valence-electron chi connectivity index (χ4n) is 3.16. The second-order valence-corrected chi connectivity index (χ2v) is 6.23. The molecule has 140 valence electrons. The molecule has 0 aliphatic carbocycles. The number of anilines is 3. The maximum Gasteiger partial charge on any atom is 0.289 e. The van der Waals surface area contributed by atoms with E-state index < -0.39 is 0 Å². The first-order valence-electron chi connectivity index (χ1n) is 9.09. The molecule has 0 aromatic carbocycles. The highest BCUT2D eigenvalue weighted by Crippen LogP contribution is 2.21. The average Bonchev–Trinajstić information content (AvgIpc) is 3.06. The van der Waals surface area contributed by atoms with Gasteiger partial charge >= 0.3 is 0 Å². The van der Waals surface area contributed by atoms with Crippen molar-refractivity contribution in [3.63, 3.8) is 0 Å². The van der Waals surface area contributed by atoms with E-state index in [2.05, 4.69) is 28.6 Å². The van der Waals surface area contributed by atoms with Gasteiger partial charge in [-0.2, -0.15) is 9.97 Å². The third-order valence-electron chi connectivity index (χ3n) is 4.61. The Morgan fingerprint density at radius 2 is 2.04 bits per heavy atom. The Balaban J connectivity index is 1.74. The first-order valence-corrected chi connectivity index (χ1v) is 9.09. The van der Waals surface area contributed by atoms with Crippen molar-refractivity contribution in [3.05, 3.63) is 30.2 Å². The highest BCUT2D eigenvalue weighted by atomic mass is 16.3. The summed E-state index contributed by atoms with van der Waals surface area (Å²) in [6, 6.07) is 5.24. The molecular formula is C18H26N6O2. The highest BCUT2D eigenvalue weighted by Gasteiger charge is 2.23. The van der Waals surface area contributed by atoms with Gasteiger partial charge in [0.25, 0.3) is 5.91 Å². The molecule has 0 saturated carbocycles. The van der Waals surface area contributed by atoms with E-state index in [0.29, 0.717) is 37.2 Å². The van der Waals surface area contributed by atoms with Gasteiger partial charge in [-0.05, 0) is 32.4 Å². The van der Waals surface area contributed by atoms with Gasteiger partial charge in [-0.3, -0.25) is 4.79 Å². The molecule has 26 heavy (non-hydrogen) atoms. The molecule has 2 aromatic rings. The zero-order chi connectivity index (χ0) is 18.5. The van der Waals surface area contributed by atoms with Crippen molar-refractivity contribution >= 4 is 23.5 Å². The zero-order valence-electron chi connectivity index (χ0n) is 15.4. The Bertz CT molecular complexity index is 729. The summed E-state index contributed by atoms with van der Waals surface area (Å²) in [4.78, 5) is 27.6. The molecule has 1 aliphatic heterocycles. The lowest BCUT2D eigenvalue weighted by Crippen LogP contribution is -2.35. The van der Waals surface area contributed by atoms with Gasteiger partial charge in [-0.15, -0.1) is 0 Å².